The monoisotopic (exact) mass is 131 g/mol. The van der Waals surface area contributed by atoms with Crippen molar-refractivity contribution in [3.05, 3.63) is 0 Å². The fourth-order valence-electron chi connectivity index (χ4n) is 0.514. The molecule has 0 aromatic carbocycles. The summed E-state index contributed by atoms with van der Waals surface area (Å²) in [6.07, 6.45) is 2.45. The van der Waals surface area contributed by atoms with E-state index in [0.717, 1.165) is 13.1 Å². The van der Waals surface area contributed by atoms with Crippen LogP contribution in [0.3, 0.4) is 0 Å². The van der Waals surface area contributed by atoms with Crippen molar-refractivity contribution in [3.63, 3.8) is 0 Å². The summed E-state index contributed by atoms with van der Waals surface area (Å²) in [5, 5.41) is 0. The molecule has 0 aromatic rings. The Morgan fingerprint density at radius 2 is 1.89 bits per heavy atom. The van der Waals surface area contributed by atoms with Gasteiger partial charge in [-0.05, 0) is 6.42 Å². The molecule has 0 saturated carbocycles. The molecule has 56 valence electrons. The first kappa shape index (κ1) is 8.88. The van der Waals surface area contributed by atoms with Crippen LogP contribution in [-0.4, -0.2) is 19.6 Å². The second-order valence-corrected chi connectivity index (χ2v) is 2.00. The molecule has 3 nitrogen and oxygen atoms in total. The van der Waals surface area contributed by atoms with Crippen LogP contribution in [-0.2, 0) is 0 Å². The van der Waals surface area contributed by atoms with Crippen molar-refractivity contribution in [2.75, 3.05) is 19.6 Å². The first-order valence-corrected chi connectivity index (χ1v) is 3.57. The van der Waals surface area contributed by atoms with Crippen LogP contribution in [0, 0.1) is 0 Å². The normalized spacial score (nSPS) is 10.0. The minimum atomic E-state index is 0.694. The van der Waals surface area contributed by atoms with Crippen LogP contribution in [0.15, 0.2) is 0 Å². The lowest BCUT2D eigenvalue weighted by atomic mass is 10.3. The molecule has 0 amide bonds. The molecule has 0 unspecified atom stereocenters. The molecule has 0 fully saturated rings. The summed E-state index contributed by atoms with van der Waals surface area (Å²) >= 11 is 0. The van der Waals surface area contributed by atoms with Gasteiger partial charge >= 0.3 is 0 Å². The van der Waals surface area contributed by atoms with Gasteiger partial charge in [-0.15, -0.1) is 0 Å². The summed E-state index contributed by atoms with van der Waals surface area (Å²) in [5.41, 5.74) is 11.3. The topological polar surface area (TPSA) is 50.1 Å². The lowest BCUT2D eigenvalue weighted by Crippen LogP contribution is -2.36. The van der Waals surface area contributed by atoms with E-state index in [2.05, 4.69) is 17.8 Å². The Labute approximate surface area is 57.0 Å². The summed E-state index contributed by atoms with van der Waals surface area (Å²) in [5.74, 6) is 0. The van der Waals surface area contributed by atoms with Crippen molar-refractivity contribution in [2.45, 2.75) is 19.8 Å². The lowest BCUT2D eigenvalue weighted by Gasteiger charge is -2.02. The van der Waals surface area contributed by atoms with Gasteiger partial charge in [0, 0.05) is 19.6 Å². The molecule has 0 saturated heterocycles. The Kier molecular flexibility index (Phi) is 7.77. The molecule has 0 aliphatic rings. The van der Waals surface area contributed by atoms with Crippen molar-refractivity contribution in [1.82, 2.24) is 10.9 Å². The predicted octanol–water partition coefficient (Wildman–Crippen LogP) is -0.161. The van der Waals surface area contributed by atoms with E-state index >= 15 is 0 Å². The third kappa shape index (κ3) is 7.88. The van der Waals surface area contributed by atoms with E-state index < -0.39 is 0 Å². The first-order valence-electron chi connectivity index (χ1n) is 3.57. The molecule has 3 heteroatoms. The largest absolute Gasteiger partial charge is 0.329 e. The van der Waals surface area contributed by atoms with Crippen LogP contribution in [0.2, 0.25) is 0 Å². The minimum Gasteiger partial charge on any atom is -0.329 e. The van der Waals surface area contributed by atoms with Crippen molar-refractivity contribution in [3.8, 4) is 0 Å². The van der Waals surface area contributed by atoms with Gasteiger partial charge in [0.25, 0.3) is 0 Å². The maximum Gasteiger partial charge on any atom is 0.0223 e. The molecule has 4 N–H and O–H groups in total. The molecule has 0 aliphatic heterocycles. The molecule has 0 aliphatic carbocycles. The Morgan fingerprint density at radius 3 is 2.44 bits per heavy atom. The van der Waals surface area contributed by atoms with E-state index in [-0.39, 0.29) is 0 Å². The average molecular weight is 131 g/mol. The third-order valence-electron chi connectivity index (χ3n) is 1.05. The molecule has 0 spiro atoms. The number of unbranched alkanes of at least 4 members (excludes halogenated alkanes) is 1. The predicted molar refractivity (Wildman–Crippen MR) is 40.0 cm³/mol. The SMILES string of the molecule is CCCCNNCCN. The van der Waals surface area contributed by atoms with Gasteiger partial charge in [0.15, 0.2) is 0 Å². The van der Waals surface area contributed by atoms with Crippen molar-refractivity contribution >= 4 is 0 Å². The summed E-state index contributed by atoms with van der Waals surface area (Å²) in [6, 6.07) is 0. The van der Waals surface area contributed by atoms with E-state index in [9.17, 15) is 0 Å². The van der Waals surface area contributed by atoms with Crippen molar-refractivity contribution < 1.29 is 0 Å². The number of nitrogens with one attached hydrogen (secondary N) is 2. The maximum absolute atomic E-state index is 5.24. The number of hydrogen-bond donors (Lipinski definition) is 3. The van der Waals surface area contributed by atoms with Crippen LogP contribution in [0.1, 0.15) is 19.8 Å². The van der Waals surface area contributed by atoms with Gasteiger partial charge in [-0.25, -0.2) is 0 Å². The highest BCUT2D eigenvalue weighted by atomic mass is 15.3. The van der Waals surface area contributed by atoms with Gasteiger partial charge in [-0.3, -0.25) is 10.9 Å². The van der Waals surface area contributed by atoms with Crippen molar-refractivity contribution in [1.29, 1.82) is 0 Å². The minimum absolute atomic E-state index is 0.694. The highest BCUT2D eigenvalue weighted by Gasteiger charge is 1.81. The molecule has 0 heterocycles. The Morgan fingerprint density at radius 1 is 1.22 bits per heavy atom. The van der Waals surface area contributed by atoms with E-state index in [1.165, 1.54) is 12.8 Å². The van der Waals surface area contributed by atoms with Crippen LogP contribution < -0.4 is 16.6 Å². The van der Waals surface area contributed by atoms with Gasteiger partial charge in [-0.1, -0.05) is 13.3 Å². The second kappa shape index (κ2) is 7.88. The average Bonchev–Trinajstić information content (AvgIpc) is 1.89. The number of rotatable bonds is 6. The van der Waals surface area contributed by atoms with E-state index in [1.807, 2.05) is 0 Å². The van der Waals surface area contributed by atoms with Gasteiger partial charge < -0.3 is 5.73 Å². The zero-order valence-corrected chi connectivity index (χ0v) is 6.11. The molecule has 9 heavy (non-hydrogen) atoms. The fraction of sp³-hybridized carbons (Fsp3) is 1.00. The number of nitrogens with two attached hydrogens (primary N) is 1. The van der Waals surface area contributed by atoms with Gasteiger partial charge in [0.2, 0.25) is 0 Å². The highest BCUT2D eigenvalue weighted by Crippen LogP contribution is 1.79. The standard InChI is InChI=1S/C6H17N3/c1-2-3-5-8-9-6-4-7/h8-9H,2-7H2,1H3. The zero-order chi connectivity index (χ0) is 6.95. The van der Waals surface area contributed by atoms with Crippen LogP contribution in [0.4, 0.5) is 0 Å². The Balaban J connectivity index is 2.60. The molecular formula is C6H17N3. The lowest BCUT2D eigenvalue weighted by molar-refractivity contribution is 0.524. The van der Waals surface area contributed by atoms with E-state index in [0.29, 0.717) is 6.54 Å². The smallest absolute Gasteiger partial charge is 0.0223 e. The summed E-state index contributed by atoms with van der Waals surface area (Å²) in [4.78, 5) is 0. The maximum atomic E-state index is 5.24. The van der Waals surface area contributed by atoms with Gasteiger partial charge in [0.05, 0.1) is 0 Å². The van der Waals surface area contributed by atoms with Gasteiger partial charge in [-0.2, -0.15) is 0 Å². The summed E-state index contributed by atoms with van der Waals surface area (Å²) in [7, 11) is 0. The quantitative estimate of drug-likeness (QED) is 0.347. The van der Waals surface area contributed by atoms with Crippen LogP contribution in [0.5, 0.6) is 0 Å². The van der Waals surface area contributed by atoms with Crippen LogP contribution >= 0.6 is 0 Å². The zero-order valence-electron chi connectivity index (χ0n) is 6.11. The second-order valence-electron chi connectivity index (χ2n) is 2.00. The Bertz CT molecular complexity index is 41.6. The molecule has 0 bridgehead atoms. The van der Waals surface area contributed by atoms with Crippen LogP contribution in [0.25, 0.3) is 0 Å². The molecule has 0 aromatic heterocycles. The fourth-order valence-corrected chi connectivity index (χ4v) is 0.514. The van der Waals surface area contributed by atoms with Crippen molar-refractivity contribution in [2.24, 2.45) is 5.73 Å². The molecular weight excluding hydrogens is 114 g/mol. The number of hydrogen-bond acceptors (Lipinski definition) is 3. The van der Waals surface area contributed by atoms with Gasteiger partial charge in [0.1, 0.15) is 0 Å². The summed E-state index contributed by atoms with van der Waals surface area (Å²) < 4.78 is 0. The Hall–Kier alpha value is -0.120. The van der Waals surface area contributed by atoms with E-state index in [4.69, 9.17) is 5.73 Å². The molecule has 0 atom stereocenters. The molecule has 0 rings (SSSR count). The third-order valence-corrected chi connectivity index (χ3v) is 1.05. The molecule has 0 radical (unpaired) electrons. The highest BCUT2D eigenvalue weighted by molar-refractivity contribution is 4.41. The van der Waals surface area contributed by atoms with E-state index in [1.54, 1.807) is 0 Å². The first-order chi connectivity index (χ1) is 4.41. The number of hydrazine groups is 1. The summed E-state index contributed by atoms with van der Waals surface area (Å²) in [6.45, 7) is 4.75.